The van der Waals surface area contributed by atoms with Crippen LogP contribution in [-0.4, -0.2) is 29.6 Å². The topological polar surface area (TPSA) is 84.2 Å². The molecule has 0 fully saturated rings. The molecule has 6 nitrogen and oxygen atoms in total. The van der Waals surface area contributed by atoms with Crippen molar-refractivity contribution in [1.82, 2.24) is 14.3 Å². The van der Waals surface area contributed by atoms with E-state index in [0.717, 1.165) is 5.01 Å². The number of nitrogens with zero attached hydrogens (tertiary/aromatic N) is 2. The fourth-order valence-corrected chi connectivity index (χ4v) is 3.70. The molecule has 21 heavy (non-hydrogen) atoms. The number of hydrogen-bond acceptors (Lipinski definition) is 5. The highest BCUT2D eigenvalue weighted by molar-refractivity contribution is 7.89. The van der Waals surface area contributed by atoms with Crippen LogP contribution in [0.5, 0.6) is 0 Å². The van der Waals surface area contributed by atoms with E-state index >= 15 is 0 Å². The van der Waals surface area contributed by atoms with Gasteiger partial charge < -0.3 is 9.67 Å². The summed E-state index contributed by atoms with van der Waals surface area (Å²) in [6.45, 7) is 3.99. The number of aliphatic hydroxyl groups excluding tert-OH is 1. The fourth-order valence-electron chi connectivity index (χ4n) is 2.00. The molecule has 0 amide bonds. The molecule has 0 aliphatic rings. The van der Waals surface area contributed by atoms with Gasteiger partial charge in [-0.15, -0.1) is 11.3 Å². The van der Waals surface area contributed by atoms with Crippen molar-refractivity contribution in [3.8, 4) is 0 Å². The van der Waals surface area contributed by atoms with Crippen LogP contribution in [0.25, 0.3) is 0 Å². The first-order chi connectivity index (χ1) is 9.94. The van der Waals surface area contributed by atoms with Crippen molar-refractivity contribution in [2.45, 2.75) is 37.8 Å². The summed E-state index contributed by atoms with van der Waals surface area (Å²) in [5.74, 6) is 0. The zero-order chi connectivity index (χ0) is 15.5. The molecule has 0 aliphatic carbocycles. The van der Waals surface area contributed by atoms with E-state index in [-0.39, 0.29) is 17.5 Å². The van der Waals surface area contributed by atoms with Crippen molar-refractivity contribution in [3.63, 3.8) is 0 Å². The fraction of sp³-hybridized carbons (Fsp3) is 0.462. The van der Waals surface area contributed by atoms with Gasteiger partial charge in [-0.05, 0) is 19.9 Å². The lowest BCUT2D eigenvalue weighted by Crippen LogP contribution is -2.25. The molecule has 0 aromatic carbocycles. The van der Waals surface area contributed by atoms with Crippen molar-refractivity contribution in [2.75, 3.05) is 6.54 Å². The second-order valence-corrected chi connectivity index (χ2v) is 7.65. The molecular formula is C13H19N3O3S2. The zero-order valence-corrected chi connectivity index (χ0v) is 13.6. The van der Waals surface area contributed by atoms with Crippen LogP contribution < -0.4 is 4.72 Å². The number of aliphatic hydroxyl groups is 1. The van der Waals surface area contributed by atoms with E-state index in [1.807, 2.05) is 19.2 Å². The molecular weight excluding hydrogens is 310 g/mol. The molecule has 8 heteroatoms. The van der Waals surface area contributed by atoms with Crippen LogP contribution in [0.1, 0.15) is 30.6 Å². The Morgan fingerprint density at radius 1 is 1.48 bits per heavy atom. The third-order valence-corrected chi connectivity index (χ3v) is 5.32. The summed E-state index contributed by atoms with van der Waals surface area (Å²) in [6, 6.07) is 1.59. The summed E-state index contributed by atoms with van der Waals surface area (Å²) in [5.41, 5.74) is 0.588. The van der Waals surface area contributed by atoms with Crippen LogP contribution in [0.4, 0.5) is 0 Å². The van der Waals surface area contributed by atoms with Gasteiger partial charge in [-0.3, -0.25) is 0 Å². The van der Waals surface area contributed by atoms with Gasteiger partial charge in [-0.2, -0.15) is 0 Å². The predicted octanol–water partition coefficient (Wildman–Crippen LogP) is 1.54. The Bertz CT molecular complexity index is 676. The number of thiazole rings is 1. The first-order valence-electron chi connectivity index (χ1n) is 6.63. The van der Waals surface area contributed by atoms with Crippen molar-refractivity contribution in [2.24, 2.45) is 0 Å². The molecule has 0 atom stereocenters. The third kappa shape index (κ3) is 3.91. The molecule has 0 radical (unpaired) electrons. The molecule has 0 unspecified atom stereocenters. The molecule has 0 spiro atoms. The van der Waals surface area contributed by atoms with Gasteiger partial charge in [0, 0.05) is 42.5 Å². The summed E-state index contributed by atoms with van der Waals surface area (Å²) in [4.78, 5) is 4.29. The number of aromatic nitrogens is 2. The lowest BCUT2D eigenvalue weighted by molar-refractivity contribution is 0.268. The molecule has 2 N–H and O–H groups in total. The second kappa shape index (κ2) is 6.69. The van der Waals surface area contributed by atoms with Gasteiger partial charge in [0.2, 0.25) is 10.0 Å². The summed E-state index contributed by atoms with van der Waals surface area (Å²) in [5, 5.41) is 12.1. The summed E-state index contributed by atoms with van der Waals surface area (Å²) >= 11 is 1.50. The molecule has 0 aliphatic heterocycles. The van der Waals surface area contributed by atoms with Crippen LogP contribution in [0.2, 0.25) is 0 Å². The van der Waals surface area contributed by atoms with E-state index in [1.165, 1.54) is 17.4 Å². The lowest BCUT2D eigenvalue weighted by atomic mass is 10.3. The van der Waals surface area contributed by atoms with E-state index in [4.69, 9.17) is 0 Å². The Hall–Kier alpha value is -1.22. The van der Waals surface area contributed by atoms with Crippen LogP contribution in [0, 0.1) is 0 Å². The lowest BCUT2D eigenvalue weighted by Gasteiger charge is -2.10. The van der Waals surface area contributed by atoms with E-state index < -0.39 is 10.0 Å². The molecule has 0 saturated carbocycles. The SMILES string of the molecule is CC(C)n1cc(S(=O)(=O)NCCc2nccs2)cc1CO. The van der Waals surface area contributed by atoms with Gasteiger partial charge in [0.05, 0.1) is 16.5 Å². The van der Waals surface area contributed by atoms with Gasteiger partial charge in [0.15, 0.2) is 0 Å². The average molecular weight is 329 g/mol. The molecule has 2 aromatic rings. The molecule has 116 valence electrons. The number of hydrogen-bond donors (Lipinski definition) is 2. The second-order valence-electron chi connectivity index (χ2n) is 4.90. The standard InChI is InChI=1S/C13H19N3O3S2/c1-10(2)16-8-12(7-11(16)9-17)21(18,19)15-4-3-13-14-5-6-20-13/h5-8,10,15,17H,3-4,9H2,1-2H3. The minimum atomic E-state index is -3.56. The maximum atomic E-state index is 12.2. The maximum Gasteiger partial charge on any atom is 0.242 e. The Balaban J connectivity index is 2.08. The average Bonchev–Trinajstić information content (AvgIpc) is 3.07. The first kappa shape index (κ1) is 16.2. The van der Waals surface area contributed by atoms with Crippen molar-refractivity contribution in [3.05, 3.63) is 34.5 Å². The van der Waals surface area contributed by atoms with E-state index in [0.29, 0.717) is 18.7 Å². The minimum Gasteiger partial charge on any atom is -0.390 e. The Kier molecular flexibility index (Phi) is 5.15. The monoisotopic (exact) mass is 329 g/mol. The van der Waals surface area contributed by atoms with Crippen LogP contribution in [-0.2, 0) is 23.1 Å². The number of sulfonamides is 1. The Morgan fingerprint density at radius 2 is 2.24 bits per heavy atom. The normalized spacial score (nSPS) is 12.2. The maximum absolute atomic E-state index is 12.2. The Morgan fingerprint density at radius 3 is 2.76 bits per heavy atom. The highest BCUT2D eigenvalue weighted by Gasteiger charge is 2.18. The minimum absolute atomic E-state index is 0.0893. The van der Waals surface area contributed by atoms with Crippen LogP contribution >= 0.6 is 11.3 Å². The van der Waals surface area contributed by atoms with E-state index in [1.54, 1.807) is 17.0 Å². The van der Waals surface area contributed by atoms with Gasteiger partial charge in [-0.1, -0.05) is 0 Å². The predicted molar refractivity (Wildman–Crippen MR) is 81.7 cm³/mol. The summed E-state index contributed by atoms with van der Waals surface area (Å²) in [6.07, 6.45) is 3.82. The van der Waals surface area contributed by atoms with E-state index in [9.17, 15) is 13.5 Å². The Labute approximate surface area is 128 Å². The van der Waals surface area contributed by atoms with Crippen LogP contribution in [0.15, 0.2) is 28.7 Å². The van der Waals surface area contributed by atoms with Crippen molar-refractivity contribution >= 4 is 21.4 Å². The third-order valence-electron chi connectivity index (χ3n) is 3.05. The number of rotatable bonds is 7. The molecule has 2 heterocycles. The van der Waals surface area contributed by atoms with Gasteiger partial charge >= 0.3 is 0 Å². The van der Waals surface area contributed by atoms with Crippen LogP contribution in [0.3, 0.4) is 0 Å². The smallest absolute Gasteiger partial charge is 0.242 e. The summed E-state index contributed by atoms with van der Waals surface area (Å²) < 4.78 is 28.8. The van der Waals surface area contributed by atoms with Crippen molar-refractivity contribution in [1.29, 1.82) is 0 Å². The highest BCUT2D eigenvalue weighted by atomic mass is 32.2. The molecule has 0 bridgehead atoms. The first-order valence-corrected chi connectivity index (χ1v) is 9.00. The molecule has 0 saturated heterocycles. The van der Waals surface area contributed by atoms with E-state index in [2.05, 4.69) is 9.71 Å². The van der Waals surface area contributed by atoms with Gasteiger partial charge in [0.1, 0.15) is 0 Å². The molecule has 2 aromatic heterocycles. The number of nitrogens with one attached hydrogen (secondary N) is 1. The largest absolute Gasteiger partial charge is 0.390 e. The van der Waals surface area contributed by atoms with Gasteiger partial charge in [-0.25, -0.2) is 18.1 Å². The van der Waals surface area contributed by atoms with Crippen molar-refractivity contribution < 1.29 is 13.5 Å². The highest BCUT2D eigenvalue weighted by Crippen LogP contribution is 2.19. The quantitative estimate of drug-likeness (QED) is 0.807. The van der Waals surface area contributed by atoms with Gasteiger partial charge in [0.25, 0.3) is 0 Å². The zero-order valence-electron chi connectivity index (χ0n) is 12.0. The summed E-state index contributed by atoms with van der Waals surface area (Å²) in [7, 11) is -3.56. The molecule has 2 rings (SSSR count).